The Morgan fingerprint density at radius 1 is 1.04 bits per heavy atom. The maximum atomic E-state index is 10.4. The number of aliphatic hydroxyl groups is 1. The van der Waals surface area contributed by atoms with Crippen LogP contribution in [0.1, 0.15) is 90.0 Å². The van der Waals surface area contributed by atoms with E-state index in [-0.39, 0.29) is 5.75 Å². The van der Waals surface area contributed by atoms with Crippen LogP contribution in [0, 0.1) is 0 Å². The maximum absolute atomic E-state index is 10.4. The molecule has 0 bridgehead atoms. The quantitative estimate of drug-likeness (QED) is 0.420. The van der Waals surface area contributed by atoms with Gasteiger partial charge >= 0.3 is 0 Å². The second-order valence-electron chi connectivity index (χ2n) is 6.54. The number of hydrogen-bond acceptors (Lipinski definition) is 4. The minimum Gasteiger partial charge on any atom is -0.385 e. The van der Waals surface area contributed by atoms with E-state index in [4.69, 9.17) is 9.66 Å². The van der Waals surface area contributed by atoms with Crippen molar-refractivity contribution in [1.82, 2.24) is 9.55 Å². The highest BCUT2D eigenvalue weighted by Gasteiger charge is 2.04. The molecule has 0 fully saturated rings. The highest BCUT2D eigenvalue weighted by atomic mass is 32.2. The highest BCUT2D eigenvalue weighted by molar-refractivity contribution is 7.85. The van der Waals surface area contributed by atoms with E-state index in [9.17, 15) is 8.42 Å². The van der Waals surface area contributed by atoms with Gasteiger partial charge in [0, 0.05) is 19.4 Å². The average Bonchev–Trinajstić information content (AvgIpc) is 2.95. The van der Waals surface area contributed by atoms with Crippen LogP contribution in [0.3, 0.4) is 0 Å². The van der Waals surface area contributed by atoms with Crippen LogP contribution >= 0.6 is 0 Å². The zero-order valence-electron chi connectivity index (χ0n) is 16.0. The normalized spacial score (nSPS) is 12.5. The molecule has 0 spiro atoms. The minimum absolute atomic E-state index is 0.0799. The fraction of sp³-hybridized carbons (Fsp3) is 0.833. The lowest BCUT2D eigenvalue weighted by Crippen LogP contribution is -2.03. The molecule has 0 aliphatic carbocycles. The molecule has 1 unspecified atom stereocenters. The van der Waals surface area contributed by atoms with Crippen molar-refractivity contribution in [1.29, 1.82) is 0 Å². The van der Waals surface area contributed by atoms with Crippen LogP contribution in [0.15, 0.2) is 12.4 Å². The smallest absolute Gasteiger partial charge is 0.264 e. The molecule has 6 nitrogen and oxygen atoms in total. The first-order valence-corrected chi connectivity index (χ1v) is 11.0. The molecule has 0 radical (unpaired) electrons. The summed E-state index contributed by atoms with van der Waals surface area (Å²) in [5.41, 5.74) is 0. The van der Waals surface area contributed by atoms with Gasteiger partial charge in [-0.2, -0.15) is 8.42 Å². The molecule has 148 valence electrons. The predicted molar refractivity (Wildman–Crippen MR) is 102 cm³/mol. The lowest BCUT2D eigenvalue weighted by atomic mass is 10.1. The lowest BCUT2D eigenvalue weighted by molar-refractivity contribution is 0.185. The van der Waals surface area contributed by atoms with Crippen LogP contribution in [0.5, 0.6) is 0 Å². The fourth-order valence-electron chi connectivity index (χ4n) is 2.55. The second-order valence-corrected chi connectivity index (χ2v) is 8.11. The summed E-state index contributed by atoms with van der Waals surface area (Å²) < 4.78 is 31.2. The molecular formula is C18H36N2O4S. The molecule has 1 rings (SSSR count). The van der Waals surface area contributed by atoms with E-state index >= 15 is 0 Å². The molecule has 1 atom stereocenters. The molecule has 1 heterocycles. The average molecular weight is 377 g/mol. The van der Waals surface area contributed by atoms with Crippen molar-refractivity contribution in [3.05, 3.63) is 18.2 Å². The van der Waals surface area contributed by atoms with Gasteiger partial charge in [0.05, 0.1) is 5.75 Å². The lowest BCUT2D eigenvalue weighted by Gasteiger charge is -2.01. The molecule has 7 heteroatoms. The van der Waals surface area contributed by atoms with Gasteiger partial charge < -0.3 is 9.67 Å². The van der Waals surface area contributed by atoms with Crippen LogP contribution < -0.4 is 0 Å². The van der Waals surface area contributed by atoms with Gasteiger partial charge in [-0.1, -0.05) is 64.7 Å². The largest absolute Gasteiger partial charge is 0.385 e. The number of imidazole rings is 1. The van der Waals surface area contributed by atoms with Gasteiger partial charge in [-0.05, 0) is 13.3 Å². The molecule has 0 aliphatic heterocycles. The zero-order chi connectivity index (χ0) is 19.1. The van der Waals surface area contributed by atoms with Crippen molar-refractivity contribution >= 4 is 10.1 Å². The topological polar surface area (TPSA) is 92.4 Å². The Balaban J connectivity index is 0.000000535. The number of unbranched alkanes of at least 4 members (excludes halogenated alkanes) is 9. The van der Waals surface area contributed by atoms with Gasteiger partial charge in [-0.25, -0.2) is 4.98 Å². The highest BCUT2D eigenvalue weighted by Crippen LogP contribution is 2.10. The van der Waals surface area contributed by atoms with Gasteiger partial charge in [-0.3, -0.25) is 4.55 Å². The summed E-state index contributed by atoms with van der Waals surface area (Å²) in [6, 6.07) is 0. The van der Waals surface area contributed by atoms with Crippen molar-refractivity contribution in [2.75, 3.05) is 5.75 Å². The summed E-state index contributed by atoms with van der Waals surface area (Å²) in [6.07, 6.45) is 14.7. The Hall–Kier alpha value is -0.920. The van der Waals surface area contributed by atoms with Crippen LogP contribution in [0.4, 0.5) is 0 Å². The fourth-order valence-corrected chi connectivity index (χ4v) is 3.12. The van der Waals surface area contributed by atoms with E-state index in [1.54, 1.807) is 17.7 Å². The third kappa shape index (κ3) is 15.1. The molecule has 0 aromatic carbocycles. The van der Waals surface area contributed by atoms with Crippen molar-refractivity contribution < 1.29 is 18.1 Å². The molecule has 0 saturated carbocycles. The summed E-state index contributed by atoms with van der Waals surface area (Å²) in [5, 5.41) is 9.01. The van der Waals surface area contributed by atoms with E-state index in [0.29, 0.717) is 12.2 Å². The number of hydrogen-bond donors (Lipinski definition) is 2. The number of nitrogens with zero attached hydrogens (tertiary/aromatic N) is 2. The number of aliphatic hydroxyl groups excluding tert-OH is 1. The van der Waals surface area contributed by atoms with Crippen LogP contribution in [-0.4, -0.2) is 33.4 Å². The summed E-state index contributed by atoms with van der Waals surface area (Å²) in [7, 11) is -1.88. The second kappa shape index (κ2) is 14.3. The molecule has 1 aromatic rings. The van der Waals surface area contributed by atoms with Gasteiger partial charge in [0.1, 0.15) is 11.9 Å². The van der Waals surface area contributed by atoms with Crippen molar-refractivity contribution in [3.8, 4) is 0 Å². The Bertz CT molecular complexity index is 527. The Morgan fingerprint density at radius 3 is 1.84 bits per heavy atom. The summed E-state index contributed by atoms with van der Waals surface area (Å²) in [4.78, 5) is 3.93. The van der Waals surface area contributed by atoms with E-state index in [1.807, 2.05) is 13.2 Å². The molecule has 2 N–H and O–H groups in total. The van der Waals surface area contributed by atoms with Crippen molar-refractivity contribution in [2.45, 2.75) is 84.2 Å². The number of aromatic nitrogens is 2. The molecule has 0 amide bonds. The van der Waals surface area contributed by atoms with E-state index < -0.39 is 16.2 Å². The predicted octanol–water partition coefficient (Wildman–Crippen LogP) is 4.27. The van der Waals surface area contributed by atoms with Crippen LogP contribution in [0.25, 0.3) is 0 Å². The van der Waals surface area contributed by atoms with Gasteiger partial charge in [0.15, 0.2) is 0 Å². The van der Waals surface area contributed by atoms with E-state index in [2.05, 4.69) is 11.9 Å². The summed E-state index contributed by atoms with van der Waals surface area (Å²) >= 11 is 0. The van der Waals surface area contributed by atoms with Gasteiger partial charge in [-0.15, -0.1) is 0 Å². The SMILES string of the molecule is CC(O)c1nccn1C.CCCCCCCCCCCCS(=O)(=O)O. The number of rotatable bonds is 12. The molecule has 0 aliphatic rings. The van der Waals surface area contributed by atoms with E-state index in [0.717, 1.165) is 12.8 Å². The minimum atomic E-state index is -3.73. The van der Waals surface area contributed by atoms with Crippen molar-refractivity contribution in [3.63, 3.8) is 0 Å². The third-order valence-corrected chi connectivity index (χ3v) is 4.79. The summed E-state index contributed by atoms with van der Waals surface area (Å²) in [6.45, 7) is 3.91. The third-order valence-electron chi connectivity index (χ3n) is 3.99. The molecule has 1 aromatic heterocycles. The monoisotopic (exact) mass is 376 g/mol. The van der Waals surface area contributed by atoms with Crippen LogP contribution in [0.2, 0.25) is 0 Å². The summed E-state index contributed by atoms with van der Waals surface area (Å²) in [5.74, 6) is 0.624. The Morgan fingerprint density at radius 2 is 1.52 bits per heavy atom. The standard InChI is InChI=1S/C12H26O3S.C6H10N2O/c1-2-3-4-5-6-7-8-9-10-11-12-16(13,14)15;1-5(9)6-7-3-4-8(6)2/h2-12H2,1H3,(H,13,14,15);3-5,9H,1-2H3. The molecular weight excluding hydrogens is 340 g/mol. The first-order chi connectivity index (χ1) is 11.8. The first-order valence-electron chi connectivity index (χ1n) is 9.38. The van der Waals surface area contributed by atoms with Gasteiger partial charge in [0.25, 0.3) is 10.1 Å². The van der Waals surface area contributed by atoms with Crippen LogP contribution in [-0.2, 0) is 17.2 Å². The Kier molecular flexibility index (Phi) is 13.7. The molecule has 25 heavy (non-hydrogen) atoms. The van der Waals surface area contributed by atoms with E-state index in [1.165, 1.54) is 44.9 Å². The Labute approximate surface area is 153 Å². The van der Waals surface area contributed by atoms with Gasteiger partial charge in [0.2, 0.25) is 0 Å². The maximum Gasteiger partial charge on any atom is 0.264 e. The number of aryl methyl sites for hydroxylation is 1. The first kappa shape index (κ1) is 24.1. The van der Waals surface area contributed by atoms with Crippen molar-refractivity contribution in [2.24, 2.45) is 7.05 Å². The zero-order valence-corrected chi connectivity index (χ0v) is 16.8. The molecule has 0 saturated heterocycles.